The first-order valence-electron chi connectivity index (χ1n) is 5.24. The summed E-state index contributed by atoms with van der Waals surface area (Å²) in [6.07, 6.45) is 2.95. The lowest BCUT2D eigenvalue weighted by Crippen LogP contribution is -2.08. The second-order valence-corrected chi connectivity index (χ2v) is 3.58. The molecule has 0 aliphatic heterocycles. The summed E-state index contributed by atoms with van der Waals surface area (Å²) in [4.78, 5) is 0. The van der Waals surface area contributed by atoms with Crippen LogP contribution >= 0.6 is 0 Å². The molecule has 1 rings (SSSR count). The topological polar surface area (TPSA) is 26.0 Å². The van der Waals surface area contributed by atoms with Gasteiger partial charge in [0.1, 0.15) is 5.82 Å². The average Bonchev–Trinajstić information content (AvgIpc) is 2.18. The van der Waals surface area contributed by atoms with Gasteiger partial charge in [-0.1, -0.05) is 31.5 Å². The smallest absolute Gasteiger partial charge is 0.126 e. The molecule has 0 amide bonds. The number of hydrogen-bond acceptors (Lipinski definition) is 1. The number of halogens is 1. The molecule has 0 saturated carbocycles. The summed E-state index contributed by atoms with van der Waals surface area (Å²) in [5.74, 6) is 0.186. The van der Waals surface area contributed by atoms with E-state index < -0.39 is 0 Å². The Balaban J connectivity index is 2.81. The third kappa shape index (κ3) is 2.81. The third-order valence-electron chi connectivity index (χ3n) is 2.50. The fourth-order valence-electron chi connectivity index (χ4n) is 1.81. The SMILES string of the molecule is CCCC(CCN)c1ccccc1F. The van der Waals surface area contributed by atoms with Crippen LogP contribution < -0.4 is 5.73 Å². The molecule has 2 heteroatoms. The van der Waals surface area contributed by atoms with Crippen LogP contribution in [0.15, 0.2) is 24.3 Å². The van der Waals surface area contributed by atoms with Crippen molar-refractivity contribution in [1.82, 2.24) is 0 Å². The van der Waals surface area contributed by atoms with Gasteiger partial charge in [-0.05, 0) is 36.9 Å². The summed E-state index contributed by atoms with van der Waals surface area (Å²) in [6.45, 7) is 2.74. The van der Waals surface area contributed by atoms with Crippen molar-refractivity contribution in [2.45, 2.75) is 32.1 Å². The molecule has 0 spiro atoms. The molecule has 0 fully saturated rings. The van der Waals surface area contributed by atoms with Gasteiger partial charge in [-0.3, -0.25) is 0 Å². The van der Waals surface area contributed by atoms with Crippen molar-refractivity contribution in [3.63, 3.8) is 0 Å². The van der Waals surface area contributed by atoms with E-state index in [4.69, 9.17) is 5.73 Å². The molecule has 1 atom stereocenters. The van der Waals surface area contributed by atoms with Crippen molar-refractivity contribution in [2.75, 3.05) is 6.54 Å². The molecule has 0 radical (unpaired) electrons. The zero-order chi connectivity index (χ0) is 10.4. The van der Waals surface area contributed by atoms with Crippen LogP contribution in [0, 0.1) is 5.82 Å². The fraction of sp³-hybridized carbons (Fsp3) is 0.500. The summed E-state index contributed by atoms with van der Waals surface area (Å²) in [5, 5.41) is 0. The van der Waals surface area contributed by atoms with Crippen molar-refractivity contribution >= 4 is 0 Å². The van der Waals surface area contributed by atoms with Crippen LogP contribution in [0.4, 0.5) is 4.39 Å². The molecule has 1 aromatic carbocycles. The molecule has 1 nitrogen and oxygen atoms in total. The van der Waals surface area contributed by atoms with Gasteiger partial charge in [0.2, 0.25) is 0 Å². The first-order chi connectivity index (χ1) is 6.79. The molecule has 2 N–H and O–H groups in total. The van der Waals surface area contributed by atoms with E-state index in [0.29, 0.717) is 6.54 Å². The molecule has 1 unspecified atom stereocenters. The van der Waals surface area contributed by atoms with Gasteiger partial charge in [-0.2, -0.15) is 0 Å². The molecule has 0 bridgehead atoms. The molecular formula is C12H18FN. The largest absolute Gasteiger partial charge is 0.330 e. The highest BCUT2D eigenvalue weighted by Gasteiger charge is 2.13. The van der Waals surface area contributed by atoms with Crippen LogP contribution in [0.1, 0.15) is 37.7 Å². The normalized spacial score (nSPS) is 12.8. The predicted octanol–water partition coefficient (Wildman–Crippen LogP) is 3.06. The van der Waals surface area contributed by atoms with Crippen LogP contribution in [0.5, 0.6) is 0 Å². The first-order valence-corrected chi connectivity index (χ1v) is 5.24. The highest BCUT2D eigenvalue weighted by molar-refractivity contribution is 5.21. The summed E-state index contributed by atoms with van der Waals surface area (Å²) in [5.41, 5.74) is 6.34. The summed E-state index contributed by atoms with van der Waals surface area (Å²) >= 11 is 0. The van der Waals surface area contributed by atoms with Gasteiger partial charge in [0.05, 0.1) is 0 Å². The Kier molecular flexibility index (Phi) is 4.60. The van der Waals surface area contributed by atoms with Crippen LogP contribution in [0.25, 0.3) is 0 Å². The van der Waals surface area contributed by atoms with E-state index in [2.05, 4.69) is 6.92 Å². The van der Waals surface area contributed by atoms with Crippen LogP contribution in [0.3, 0.4) is 0 Å². The molecule has 0 aliphatic carbocycles. The Labute approximate surface area is 85.1 Å². The third-order valence-corrected chi connectivity index (χ3v) is 2.50. The van der Waals surface area contributed by atoms with Gasteiger partial charge >= 0.3 is 0 Å². The minimum Gasteiger partial charge on any atom is -0.330 e. The van der Waals surface area contributed by atoms with E-state index in [1.165, 1.54) is 6.07 Å². The van der Waals surface area contributed by atoms with Crippen molar-refractivity contribution in [3.8, 4) is 0 Å². The Bertz CT molecular complexity index is 267. The quantitative estimate of drug-likeness (QED) is 0.767. The zero-order valence-corrected chi connectivity index (χ0v) is 8.67. The zero-order valence-electron chi connectivity index (χ0n) is 8.67. The van der Waals surface area contributed by atoms with Crippen molar-refractivity contribution < 1.29 is 4.39 Å². The molecule has 0 saturated heterocycles. The average molecular weight is 195 g/mol. The molecule has 0 heterocycles. The molecular weight excluding hydrogens is 177 g/mol. The number of rotatable bonds is 5. The van der Waals surface area contributed by atoms with E-state index in [1.54, 1.807) is 6.07 Å². The predicted molar refractivity (Wildman–Crippen MR) is 57.7 cm³/mol. The lowest BCUT2D eigenvalue weighted by Gasteiger charge is -2.16. The van der Waals surface area contributed by atoms with Gasteiger partial charge < -0.3 is 5.73 Å². The van der Waals surface area contributed by atoms with Gasteiger partial charge in [0.25, 0.3) is 0 Å². The maximum atomic E-state index is 13.4. The fourth-order valence-corrected chi connectivity index (χ4v) is 1.81. The second kappa shape index (κ2) is 5.76. The lowest BCUT2D eigenvalue weighted by atomic mass is 9.91. The molecule has 0 aliphatic rings. The number of hydrogen-bond donors (Lipinski definition) is 1. The summed E-state index contributed by atoms with van der Waals surface area (Å²) < 4.78 is 13.4. The number of benzene rings is 1. The van der Waals surface area contributed by atoms with Gasteiger partial charge in [-0.25, -0.2) is 4.39 Å². The van der Waals surface area contributed by atoms with E-state index >= 15 is 0 Å². The van der Waals surface area contributed by atoms with Crippen molar-refractivity contribution in [2.24, 2.45) is 5.73 Å². The maximum Gasteiger partial charge on any atom is 0.126 e. The molecule has 0 aromatic heterocycles. The van der Waals surface area contributed by atoms with E-state index in [-0.39, 0.29) is 11.7 Å². The monoisotopic (exact) mass is 195 g/mol. The minimum atomic E-state index is -0.0978. The van der Waals surface area contributed by atoms with E-state index in [1.807, 2.05) is 12.1 Å². The Morgan fingerprint density at radius 1 is 1.29 bits per heavy atom. The minimum absolute atomic E-state index is 0.0978. The van der Waals surface area contributed by atoms with Gasteiger partial charge in [0, 0.05) is 0 Å². The highest BCUT2D eigenvalue weighted by atomic mass is 19.1. The van der Waals surface area contributed by atoms with Crippen LogP contribution in [-0.2, 0) is 0 Å². The Morgan fingerprint density at radius 3 is 2.57 bits per heavy atom. The second-order valence-electron chi connectivity index (χ2n) is 3.58. The highest BCUT2D eigenvalue weighted by Crippen LogP contribution is 2.26. The Hall–Kier alpha value is -0.890. The van der Waals surface area contributed by atoms with E-state index in [0.717, 1.165) is 24.8 Å². The van der Waals surface area contributed by atoms with Crippen LogP contribution in [-0.4, -0.2) is 6.54 Å². The summed E-state index contributed by atoms with van der Waals surface area (Å²) in [6, 6.07) is 7.00. The van der Waals surface area contributed by atoms with Crippen molar-refractivity contribution in [1.29, 1.82) is 0 Å². The maximum absolute atomic E-state index is 13.4. The molecule has 1 aromatic rings. The lowest BCUT2D eigenvalue weighted by molar-refractivity contribution is 0.529. The van der Waals surface area contributed by atoms with Gasteiger partial charge in [0.15, 0.2) is 0 Å². The molecule has 14 heavy (non-hydrogen) atoms. The van der Waals surface area contributed by atoms with Crippen LogP contribution in [0.2, 0.25) is 0 Å². The van der Waals surface area contributed by atoms with Crippen molar-refractivity contribution in [3.05, 3.63) is 35.6 Å². The first kappa shape index (κ1) is 11.2. The Morgan fingerprint density at radius 2 is 2.00 bits per heavy atom. The van der Waals surface area contributed by atoms with E-state index in [9.17, 15) is 4.39 Å². The molecule has 78 valence electrons. The standard InChI is InChI=1S/C12H18FN/c1-2-5-10(8-9-14)11-6-3-4-7-12(11)13/h3-4,6-7,10H,2,5,8-9,14H2,1H3. The number of nitrogens with two attached hydrogens (primary N) is 1. The summed E-state index contributed by atoms with van der Waals surface area (Å²) in [7, 11) is 0. The van der Waals surface area contributed by atoms with Gasteiger partial charge in [-0.15, -0.1) is 0 Å².